The first kappa shape index (κ1) is 11.7. The Labute approximate surface area is 77.2 Å². The number of hydrogen-bond donors (Lipinski definition) is 4. The molecular formula is C7H16N4O2. The monoisotopic (exact) mass is 188 g/mol. The van der Waals surface area contributed by atoms with E-state index in [4.69, 9.17) is 5.73 Å². The third-order valence-corrected chi connectivity index (χ3v) is 1.26. The number of hydrogen-bond acceptors (Lipinski definition) is 3. The summed E-state index contributed by atoms with van der Waals surface area (Å²) in [6.45, 7) is 3.69. The van der Waals surface area contributed by atoms with E-state index in [1.807, 2.05) is 6.92 Å². The molecule has 0 aromatic heterocycles. The van der Waals surface area contributed by atoms with E-state index in [0.29, 0.717) is 19.6 Å². The molecule has 13 heavy (non-hydrogen) atoms. The molecule has 0 saturated carbocycles. The van der Waals surface area contributed by atoms with Crippen LogP contribution < -0.4 is 21.7 Å². The first-order valence-electron chi connectivity index (χ1n) is 4.17. The number of carbonyl (C=O) groups excluding carboxylic acids is 2. The fraction of sp³-hybridized carbons (Fsp3) is 0.714. The van der Waals surface area contributed by atoms with Crippen LogP contribution in [0.1, 0.15) is 6.92 Å². The fourth-order valence-electron chi connectivity index (χ4n) is 0.736. The van der Waals surface area contributed by atoms with Crippen molar-refractivity contribution in [2.24, 2.45) is 5.73 Å². The van der Waals surface area contributed by atoms with Crippen molar-refractivity contribution in [2.45, 2.75) is 6.92 Å². The molecule has 0 aliphatic heterocycles. The smallest absolute Gasteiger partial charge is 0.312 e. The second-order valence-electron chi connectivity index (χ2n) is 2.42. The van der Waals surface area contributed by atoms with Crippen molar-refractivity contribution in [1.29, 1.82) is 0 Å². The van der Waals surface area contributed by atoms with Gasteiger partial charge >= 0.3 is 6.03 Å². The summed E-state index contributed by atoms with van der Waals surface area (Å²) in [5, 5.41) is 7.87. The summed E-state index contributed by atoms with van der Waals surface area (Å²) in [5.74, 6) is -0.0541. The molecule has 5 N–H and O–H groups in total. The molecule has 0 saturated heterocycles. The summed E-state index contributed by atoms with van der Waals surface area (Å²) in [5.41, 5.74) is 4.83. The van der Waals surface area contributed by atoms with E-state index < -0.39 is 6.03 Å². The van der Waals surface area contributed by atoms with Gasteiger partial charge < -0.3 is 21.7 Å². The van der Waals surface area contributed by atoms with Gasteiger partial charge in [-0.3, -0.25) is 4.79 Å². The zero-order valence-corrected chi connectivity index (χ0v) is 7.72. The third-order valence-electron chi connectivity index (χ3n) is 1.26. The van der Waals surface area contributed by atoms with Gasteiger partial charge in [0.1, 0.15) is 0 Å². The minimum Gasteiger partial charge on any atom is -0.355 e. The van der Waals surface area contributed by atoms with Crippen molar-refractivity contribution >= 4 is 11.9 Å². The molecule has 6 nitrogen and oxygen atoms in total. The summed E-state index contributed by atoms with van der Waals surface area (Å²) in [6, 6.07) is -0.556. The average molecular weight is 188 g/mol. The number of nitrogens with two attached hydrogens (primary N) is 1. The van der Waals surface area contributed by atoms with Crippen LogP contribution in [0.5, 0.6) is 0 Å². The lowest BCUT2D eigenvalue weighted by Gasteiger charge is -2.04. The number of primary amides is 1. The van der Waals surface area contributed by atoms with E-state index in [1.54, 1.807) is 0 Å². The second-order valence-corrected chi connectivity index (χ2v) is 2.42. The molecule has 0 spiro atoms. The molecule has 0 atom stereocenters. The van der Waals surface area contributed by atoms with Gasteiger partial charge in [0.05, 0.1) is 6.54 Å². The van der Waals surface area contributed by atoms with Crippen LogP contribution in [0, 0.1) is 0 Å². The topological polar surface area (TPSA) is 96.2 Å². The third kappa shape index (κ3) is 8.61. The predicted molar refractivity (Wildman–Crippen MR) is 49.1 cm³/mol. The Morgan fingerprint density at radius 3 is 2.46 bits per heavy atom. The number of urea groups is 1. The zero-order chi connectivity index (χ0) is 10.1. The Morgan fingerprint density at radius 2 is 1.92 bits per heavy atom. The number of amides is 3. The lowest BCUT2D eigenvalue weighted by molar-refractivity contribution is -0.120. The van der Waals surface area contributed by atoms with Gasteiger partial charge in [-0.2, -0.15) is 0 Å². The lowest BCUT2D eigenvalue weighted by atomic mass is 10.5. The highest BCUT2D eigenvalue weighted by Gasteiger charge is 1.97. The Hall–Kier alpha value is -1.30. The largest absolute Gasteiger partial charge is 0.355 e. The van der Waals surface area contributed by atoms with Crippen LogP contribution in [0.4, 0.5) is 4.79 Å². The van der Waals surface area contributed by atoms with E-state index in [0.717, 1.165) is 0 Å². The number of nitrogens with one attached hydrogen (secondary N) is 3. The van der Waals surface area contributed by atoms with Gasteiger partial charge in [0.25, 0.3) is 0 Å². The van der Waals surface area contributed by atoms with Crippen LogP contribution in [0.25, 0.3) is 0 Å². The number of carbonyl (C=O) groups is 2. The summed E-state index contributed by atoms with van der Waals surface area (Å²) in [7, 11) is 0. The Balaban J connectivity index is 3.16. The van der Waals surface area contributed by atoms with Crippen LogP contribution in [0.15, 0.2) is 0 Å². The SMILES string of the molecule is CCNC(=O)CNCCNC(N)=O. The molecule has 0 radical (unpaired) electrons. The van der Waals surface area contributed by atoms with Crippen molar-refractivity contribution < 1.29 is 9.59 Å². The van der Waals surface area contributed by atoms with Crippen molar-refractivity contribution in [3.63, 3.8) is 0 Å². The summed E-state index contributed by atoms with van der Waals surface area (Å²) < 4.78 is 0. The quantitative estimate of drug-likeness (QED) is 0.377. The molecule has 0 rings (SSSR count). The lowest BCUT2D eigenvalue weighted by Crippen LogP contribution is -2.39. The molecular weight excluding hydrogens is 172 g/mol. The maximum atomic E-state index is 10.9. The van der Waals surface area contributed by atoms with E-state index >= 15 is 0 Å². The maximum Gasteiger partial charge on any atom is 0.312 e. The molecule has 0 aliphatic carbocycles. The van der Waals surface area contributed by atoms with Gasteiger partial charge in [-0.05, 0) is 6.92 Å². The molecule has 0 aromatic rings. The van der Waals surface area contributed by atoms with Crippen LogP contribution in [0.2, 0.25) is 0 Å². The Kier molecular flexibility index (Phi) is 6.62. The van der Waals surface area contributed by atoms with Crippen LogP contribution in [-0.2, 0) is 4.79 Å². The zero-order valence-electron chi connectivity index (χ0n) is 7.72. The summed E-state index contributed by atoms with van der Waals surface area (Å²) >= 11 is 0. The van der Waals surface area contributed by atoms with E-state index in [1.165, 1.54) is 0 Å². The molecule has 0 heterocycles. The normalized spacial score (nSPS) is 9.31. The van der Waals surface area contributed by atoms with Crippen molar-refractivity contribution in [3.05, 3.63) is 0 Å². The van der Waals surface area contributed by atoms with Gasteiger partial charge in [-0.1, -0.05) is 0 Å². The van der Waals surface area contributed by atoms with Gasteiger partial charge in [-0.15, -0.1) is 0 Å². The molecule has 76 valence electrons. The number of rotatable bonds is 6. The number of likely N-dealkylation sites (N-methyl/N-ethyl adjacent to an activating group) is 1. The van der Waals surface area contributed by atoms with E-state index in [9.17, 15) is 9.59 Å². The Morgan fingerprint density at radius 1 is 1.23 bits per heavy atom. The standard InChI is InChI=1S/C7H16N4O2/c1-2-10-6(12)5-9-3-4-11-7(8)13/h9H,2-5H2,1H3,(H,10,12)(H3,8,11,13). The highest BCUT2D eigenvalue weighted by Crippen LogP contribution is 1.64. The second kappa shape index (κ2) is 7.35. The van der Waals surface area contributed by atoms with Gasteiger partial charge in [0.15, 0.2) is 0 Å². The maximum absolute atomic E-state index is 10.9. The minimum atomic E-state index is -0.556. The first-order valence-corrected chi connectivity index (χ1v) is 4.17. The molecule has 0 fully saturated rings. The van der Waals surface area contributed by atoms with E-state index in [-0.39, 0.29) is 12.5 Å². The van der Waals surface area contributed by atoms with Crippen molar-refractivity contribution in [1.82, 2.24) is 16.0 Å². The molecule has 3 amide bonds. The summed E-state index contributed by atoms with van der Waals surface area (Å²) in [6.07, 6.45) is 0. The molecule has 0 bridgehead atoms. The minimum absolute atomic E-state index is 0.0541. The molecule has 0 aliphatic rings. The van der Waals surface area contributed by atoms with Gasteiger partial charge in [0, 0.05) is 19.6 Å². The molecule has 0 aromatic carbocycles. The fourth-order valence-corrected chi connectivity index (χ4v) is 0.736. The molecule has 6 heteroatoms. The van der Waals surface area contributed by atoms with E-state index in [2.05, 4.69) is 16.0 Å². The highest BCUT2D eigenvalue weighted by molar-refractivity contribution is 5.77. The van der Waals surface area contributed by atoms with Gasteiger partial charge in [-0.25, -0.2) is 4.79 Å². The van der Waals surface area contributed by atoms with Crippen molar-refractivity contribution in [3.8, 4) is 0 Å². The van der Waals surface area contributed by atoms with Crippen LogP contribution >= 0.6 is 0 Å². The summed E-state index contributed by atoms with van der Waals surface area (Å²) in [4.78, 5) is 21.1. The average Bonchev–Trinajstić information content (AvgIpc) is 2.03. The van der Waals surface area contributed by atoms with Crippen molar-refractivity contribution in [2.75, 3.05) is 26.2 Å². The molecule has 0 unspecified atom stereocenters. The van der Waals surface area contributed by atoms with Crippen LogP contribution in [0.3, 0.4) is 0 Å². The highest BCUT2D eigenvalue weighted by atomic mass is 16.2. The Bertz CT molecular complexity index is 172. The predicted octanol–water partition coefficient (Wildman–Crippen LogP) is -1.62. The first-order chi connectivity index (χ1) is 6.16. The van der Waals surface area contributed by atoms with Gasteiger partial charge in [0.2, 0.25) is 5.91 Å². The van der Waals surface area contributed by atoms with Crippen LogP contribution in [-0.4, -0.2) is 38.1 Å².